The Kier molecular flexibility index (Phi) is 6.69. The molecule has 0 aliphatic heterocycles. The topological polar surface area (TPSA) is 97.1 Å². The summed E-state index contributed by atoms with van der Waals surface area (Å²) in [7, 11) is 0. The van der Waals surface area contributed by atoms with Gasteiger partial charge in [0.1, 0.15) is 11.7 Å². The molecular weight excluding hydrogens is 411 g/mol. The van der Waals surface area contributed by atoms with E-state index in [4.69, 9.17) is 28.9 Å². The van der Waals surface area contributed by atoms with E-state index in [1.165, 1.54) is 12.1 Å². The number of benzene rings is 2. The van der Waals surface area contributed by atoms with Gasteiger partial charge in [0.05, 0.1) is 10.0 Å². The molecule has 29 heavy (non-hydrogen) atoms. The van der Waals surface area contributed by atoms with Crippen molar-refractivity contribution < 1.29 is 9.59 Å². The molecule has 3 rings (SSSR count). The maximum absolute atomic E-state index is 12.5. The van der Waals surface area contributed by atoms with Crippen molar-refractivity contribution in [2.45, 2.75) is 12.5 Å². The predicted molar refractivity (Wildman–Crippen MR) is 114 cm³/mol. The Balaban J connectivity index is 1.63. The van der Waals surface area contributed by atoms with Crippen LogP contribution in [0, 0.1) is 0 Å². The van der Waals surface area contributed by atoms with Crippen LogP contribution in [0.3, 0.4) is 0 Å². The van der Waals surface area contributed by atoms with Crippen LogP contribution >= 0.6 is 23.2 Å². The fourth-order valence-corrected chi connectivity index (χ4v) is 3.01. The number of primary amides is 1. The van der Waals surface area contributed by atoms with Crippen molar-refractivity contribution in [3.8, 4) is 0 Å². The van der Waals surface area contributed by atoms with Gasteiger partial charge in [-0.3, -0.25) is 9.59 Å². The minimum atomic E-state index is -1.17. The lowest BCUT2D eigenvalue weighted by Gasteiger charge is -2.15. The number of nitrogens with two attached hydrogens (primary N) is 1. The standard InChI is InChI=1S/C21H18Cl2N4O2/c22-16-8-7-14(10-17(16)23)19(20(24)28)21(29)26-12-13-6-9-18(25-11-13)27-15-4-2-1-3-5-15/h1-11,19H,12H2,(H2,24,28)(H,25,27)(H,26,29)/t19-/m0/s1. The number of nitrogens with zero attached hydrogens (tertiary/aromatic N) is 1. The fourth-order valence-electron chi connectivity index (χ4n) is 2.70. The molecule has 8 heteroatoms. The highest BCUT2D eigenvalue weighted by Gasteiger charge is 2.26. The maximum atomic E-state index is 12.5. The smallest absolute Gasteiger partial charge is 0.237 e. The predicted octanol–water partition coefficient (Wildman–Crippen LogP) is 4.02. The molecule has 0 unspecified atom stereocenters. The van der Waals surface area contributed by atoms with Gasteiger partial charge in [-0.25, -0.2) is 4.98 Å². The Morgan fingerprint density at radius 1 is 1.00 bits per heavy atom. The van der Waals surface area contributed by atoms with Gasteiger partial charge in [-0.1, -0.05) is 53.5 Å². The Bertz CT molecular complexity index is 1010. The molecule has 0 bridgehead atoms. The van der Waals surface area contributed by atoms with Crippen LogP contribution in [0.4, 0.5) is 11.5 Å². The lowest BCUT2D eigenvalue weighted by atomic mass is 9.97. The van der Waals surface area contributed by atoms with E-state index in [2.05, 4.69) is 15.6 Å². The van der Waals surface area contributed by atoms with Crippen molar-refractivity contribution in [2.24, 2.45) is 5.73 Å². The molecule has 6 nitrogen and oxygen atoms in total. The normalized spacial score (nSPS) is 11.5. The SMILES string of the molecule is NC(=O)[C@@H](C(=O)NCc1ccc(Nc2ccccc2)nc1)c1ccc(Cl)c(Cl)c1. The second-order valence-corrected chi connectivity index (χ2v) is 7.08. The van der Waals surface area contributed by atoms with Gasteiger partial charge in [0, 0.05) is 18.4 Å². The molecule has 0 saturated heterocycles. The Morgan fingerprint density at radius 2 is 1.76 bits per heavy atom. The second-order valence-electron chi connectivity index (χ2n) is 6.27. The summed E-state index contributed by atoms with van der Waals surface area (Å²) in [4.78, 5) is 28.7. The zero-order valence-corrected chi connectivity index (χ0v) is 16.7. The van der Waals surface area contributed by atoms with E-state index in [-0.39, 0.29) is 11.6 Å². The van der Waals surface area contributed by atoms with Crippen molar-refractivity contribution in [2.75, 3.05) is 5.32 Å². The van der Waals surface area contributed by atoms with Gasteiger partial charge in [-0.05, 0) is 41.5 Å². The van der Waals surface area contributed by atoms with Gasteiger partial charge in [0.15, 0.2) is 0 Å². The highest BCUT2D eigenvalue weighted by atomic mass is 35.5. The molecule has 0 aliphatic rings. The summed E-state index contributed by atoms with van der Waals surface area (Å²) < 4.78 is 0. The summed E-state index contributed by atoms with van der Waals surface area (Å²) in [6.07, 6.45) is 1.64. The highest BCUT2D eigenvalue weighted by Crippen LogP contribution is 2.26. The first kappa shape index (κ1) is 20.6. The molecule has 1 atom stereocenters. The van der Waals surface area contributed by atoms with Gasteiger partial charge < -0.3 is 16.4 Å². The fraction of sp³-hybridized carbons (Fsp3) is 0.0952. The number of anilines is 2. The summed E-state index contributed by atoms with van der Waals surface area (Å²) in [5, 5.41) is 6.46. The van der Waals surface area contributed by atoms with Crippen LogP contribution in [-0.4, -0.2) is 16.8 Å². The molecule has 1 heterocycles. The number of hydrogen-bond donors (Lipinski definition) is 3. The molecule has 3 aromatic rings. The highest BCUT2D eigenvalue weighted by molar-refractivity contribution is 6.42. The van der Waals surface area contributed by atoms with E-state index < -0.39 is 17.7 Å². The van der Waals surface area contributed by atoms with Crippen molar-refractivity contribution >= 4 is 46.5 Å². The number of carbonyl (C=O) groups excluding carboxylic acids is 2. The van der Waals surface area contributed by atoms with Crippen LogP contribution in [0.1, 0.15) is 17.0 Å². The monoisotopic (exact) mass is 428 g/mol. The van der Waals surface area contributed by atoms with Crippen LogP contribution in [0.2, 0.25) is 10.0 Å². The number of carbonyl (C=O) groups is 2. The maximum Gasteiger partial charge on any atom is 0.237 e. The molecule has 0 spiro atoms. The number of pyridine rings is 1. The average Bonchev–Trinajstić information content (AvgIpc) is 2.71. The first-order valence-corrected chi connectivity index (χ1v) is 9.48. The zero-order chi connectivity index (χ0) is 20.8. The third-order valence-corrected chi connectivity index (χ3v) is 4.90. The molecule has 0 fully saturated rings. The van der Waals surface area contributed by atoms with Crippen LogP contribution in [0.15, 0.2) is 66.9 Å². The van der Waals surface area contributed by atoms with Gasteiger partial charge in [-0.2, -0.15) is 0 Å². The third kappa shape index (κ3) is 5.47. The number of amides is 2. The van der Waals surface area contributed by atoms with Crippen LogP contribution in [-0.2, 0) is 16.1 Å². The lowest BCUT2D eigenvalue weighted by Crippen LogP contribution is -2.36. The Labute approximate surface area is 178 Å². The van der Waals surface area contributed by atoms with E-state index in [1.54, 1.807) is 18.3 Å². The summed E-state index contributed by atoms with van der Waals surface area (Å²) >= 11 is 11.9. The van der Waals surface area contributed by atoms with Crippen molar-refractivity contribution in [1.82, 2.24) is 10.3 Å². The molecule has 0 saturated carbocycles. The van der Waals surface area contributed by atoms with E-state index in [0.717, 1.165) is 11.3 Å². The number of nitrogens with one attached hydrogen (secondary N) is 2. The molecule has 0 radical (unpaired) electrons. The minimum Gasteiger partial charge on any atom is -0.369 e. The second kappa shape index (κ2) is 9.41. The third-order valence-electron chi connectivity index (χ3n) is 4.16. The quantitative estimate of drug-likeness (QED) is 0.495. The molecule has 148 valence electrons. The number of para-hydroxylation sites is 1. The number of rotatable bonds is 7. The largest absolute Gasteiger partial charge is 0.369 e. The molecule has 1 aromatic heterocycles. The van der Waals surface area contributed by atoms with Crippen molar-refractivity contribution in [3.63, 3.8) is 0 Å². The molecule has 2 aromatic carbocycles. The van der Waals surface area contributed by atoms with E-state index in [9.17, 15) is 9.59 Å². The van der Waals surface area contributed by atoms with Gasteiger partial charge >= 0.3 is 0 Å². The summed E-state index contributed by atoms with van der Waals surface area (Å²) in [5.41, 5.74) is 7.50. The van der Waals surface area contributed by atoms with Crippen LogP contribution in [0.25, 0.3) is 0 Å². The summed E-state index contributed by atoms with van der Waals surface area (Å²) in [5.74, 6) is -1.79. The summed E-state index contributed by atoms with van der Waals surface area (Å²) in [6, 6.07) is 17.8. The average molecular weight is 429 g/mol. The van der Waals surface area contributed by atoms with Crippen molar-refractivity contribution in [1.29, 1.82) is 0 Å². The van der Waals surface area contributed by atoms with E-state index >= 15 is 0 Å². The number of halogens is 2. The van der Waals surface area contributed by atoms with Gasteiger partial charge in [-0.15, -0.1) is 0 Å². The number of hydrogen-bond acceptors (Lipinski definition) is 4. The van der Waals surface area contributed by atoms with E-state index in [1.807, 2.05) is 36.4 Å². The van der Waals surface area contributed by atoms with Gasteiger partial charge in [0.2, 0.25) is 11.8 Å². The lowest BCUT2D eigenvalue weighted by molar-refractivity contribution is -0.130. The number of aromatic nitrogens is 1. The van der Waals surface area contributed by atoms with Crippen LogP contribution < -0.4 is 16.4 Å². The van der Waals surface area contributed by atoms with Crippen molar-refractivity contribution in [3.05, 3.63) is 88.0 Å². The van der Waals surface area contributed by atoms with E-state index in [0.29, 0.717) is 16.4 Å². The first-order chi connectivity index (χ1) is 13.9. The first-order valence-electron chi connectivity index (χ1n) is 8.73. The molecular formula is C21H18Cl2N4O2. The Morgan fingerprint density at radius 3 is 2.38 bits per heavy atom. The molecule has 4 N–H and O–H groups in total. The Hall–Kier alpha value is -3.09. The minimum absolute atomic E-state index is 0.197. The van der Waals surface area contributed by atoms with Crippen LogP contribution in [0.5, 0.6) is 0 Å². The summed E-state index contributed by atoms with van der Waals surface area (Å²) in [6.45, 7) is 0.197. The van der Waals surface area contributed by atoms with Gasteiger partial charge in [0.25, 0.3) is 0 Å². The zero-order valence-electron chi connectivity index (χ0n) is 15.2. The molecule has 2 amide bonds. The molecule has 0 aliphatic carbocycles.